The number of hydrogen-bond donors (Lipinski definition) is 1. The minimum absolute atomic E-state index is 0.0369. The lowest BCUT2D eigenvalue weighted by Crippen LogP contribution is -2.29. The van der Waals surface area contributed by atoms with Crippen molar-refractivity contribution in [2.75, 3.05) is 14.2 Å². The number of methoxy groups -OCH3 is 2. The number of benzene rings is 2. The van der Waals surface area contributed by atoms with Crippen LogP contribution < -0.4 is 9.47 Å². The number of aliphatic hydroxyl groups excluding tert-OH is 1. The van der Waals surface area contributed by atoms with Crippen molar-refractivity contribution in [2.45, 2.75) is 19.5 Å². The summed E-state index contributed by atoms with van der Waals surface area (Å²) in [4.78, 5) is 27.5. The fraction of sp³-hybridized carbons (Fsp3) is 0.200. The molecule has 1 saturated heterocycles. The van der Waals surface area contributed by atoms with Crippen LogP contribution in [0.2, 0.25) is 0 Å². The molecule has 0 bridgehead atoms. The van der Waals surface area contributed by atoms with Gasteiger partial charge in [-0.15, -0.1) is 0 Å². The van der Waals surface area contributed by atoms with Crippen molar-refractivity contribution in [3.8, 4) is 11.5 Å². The zero-order valence-electron chi connectivity index (χ0n) is 18.3. The van der Waals surface area contributed by atoms with Crippen molar-refractivity contribution in [1.29, 1.82) is 0 Å². The summed E-state index contributed by atoms with van der Waals surface area (Å²) in [7, 11) is 2.89. The molecule has 1 amide bonds. The Balaban J connectivity index is 1.87. The molecule has 0 saturated carbocycles. The summed E-state index contributed by atoms with van der Waals surface area (Å²) >= 11 is 0. The van der Waals surface area contributed by atoms with E-state index in [0.717, 1.165) is 6.07 Å². The van der Waals surface area contributed by atoms with Crippen molar-refractivity contribution in [3.63, 3.8) is 0 Å². The van der Waals surface area contributed by atoms with Crippen LogP contribution in [-0.2, 0) is 16.1 Å². The highest BCUT2D eigenvalue weighted by molar-refractivity contribution is 6.46. The van der Waals surface area contributed by atoms with Crippen molar-refractivity contribution in [2.24, 2.45) is 0 Å². The molecule has 1 aliphatic heterocycles. The van der Waals surface area contributed by atoms with Gasteiger partial charge in [-0.1, -0.05) is 12.1 Å². The third-order valence-electron chi connectivity index (χ3n) is 5.47. The van der Waals surface area contributed by atoms with Gasteiger partial charge in [0.25, 0.3) is 11.7 Å². The highest BCUT2D eigenvalue weighted by Crippen LogP contribution is 2.42. The van der Waals surface area contributed by atoms with Gasteiger partial charge in [0.1, 0.15) is 40.6 Å². The van der Waals surface area contributed by atoms with E-state index in [-0.39, 0.29) is 23.4 Å². The number of ketones is 1. The van der Waals surface area contributed by atoms with E-state index < -0.39 is 29.3 Å². The summed E-state index contributed by atoms with van der Waals surface area (Å²) in [5.74, 6) is -1.27. The summed E-state index contributed by atoms with van der Waals surface area (Å²) in [6, 6.07) is 13.0. The van der Waals surface area contributed by atoms with Crippen LogP contribution in [-0.4, -0.2) is 35.9 Å². The van der Waals surface area contributed by atoms with Gasteiger partial charge in [-0.05, 0) is 55.0 Å². The molecule has 1 fully saturated rings. The second-order valence-electron chi connectivity index (χ2n) is 7.57. The Kier molecular flexibility index (Phi) is 5.91. The van der Waals surface area contributed by atoms with Gasteiger partial charge in [0, 0.05) is 6.54 Å². The van der Waals surface area contributed by atoms with Gasteiger partial charge in [0.2, 0.25) is 0 Å². The number of halogens is 1. The molecule has 0 radical (unpaired) electrons. The number of carbonyl (C=O) groups excluding carboxylic acids is 2. The molecule has 2 heterocycles. The Labute approximate surface area is 189 Å². The van der Waals surface area contributed by atoms with Crippen molar-refractivity contribution in [3.05, 3.63) is 88.6 Å². The van der Waals surface area contributed by atoms with Crippen LogP contribution in [0, 0.1) is 12.7 Å². The summed E-state index contributed by atoms with van der Waals surface area (Å²) in [5.41, 5.74) is 0.471. The number of ether oxygens (including phenoxy) is 2. The van der Waals surface area contributed by atoms with Crippen LogP contribution in [0.5, 0.6) is 11.5 Å². The number of aliphatic hydroxyl groups is 1. The summed E-state index contributed by atoms with van der Waals surface area (Å²) < 4.78 is 30.2. The molecule has 33 heavy (non-hydrogen) atoms. The molecule has 4 rings (SSSR count). The van der Waals surface area contributed by atoms with Gasteiger partial charge in [0.05, 0.1) is 25.4 Å². The lowest BCUT2D eigenvalue weighted by Gasteiger charge is -2.23. The van der Waals surface area contributed by atoms with Gasteiger partial charge in [-0.2, -0.15) is 0 Å². The van der Waals surface area contributed by atoms with Crippen LogP contribution in [0.4, 0.5) is 4.39 Å². The fourth-order valence-electron chi connectivity index (χ4n) is 3.92. The SMILES string of the molecule is COc1cccc(CN2C(=O)C(=O)/C(=C(/O)c3cc(F)ccc3OC)C2c2ccc(C)o2)c1. The van der Waals surface area contributed by atoms with Crippen molar-refractivity contribution < 1.29 is 33.0 Å². The average Bonchev–Trinajstić information content (AvgIpc) is 3.35. The van der Waals surface area contributed by atoms with E-state index in [4.69, 9.17) is 13.9 Å². The number of carbonyl (C=O) groups is 2. The lowest BCUT2D eigenvalue weighted by atomic mass is 9.98. The number of amides is 1. The first-order valence-corrected chi connectivity index (χ1v) is 10.2. The summed E-state index contributed by atoms with van der Waals surface area (Å²) in [5, 5.41) is 11.1. The van der Waals surface area contributed by atoms with Gasteiger partial charge in [-0.3, -0.25) is 9.59 Å². The molecule has 8 heteroatoms. The first-order chi connectivity index (χ1) is 15.8. The maximum atomic E-state index is 14.0. The maximum Gasteiger partial charge on any atom is 0.296 e. The fourth-order valence-corrected chi connectivity index (χ4v) is 3.92. The molecule has 0 aliphatic carbocycles. The van der Waals surface area contributed by atoms with Crippen molar-refractivity contribution >= 4 is 17.4 Å². The average molecular weight is 451 g/mol. The first kappa shape index (κ1) is 22.1. The summed E-state index contributed by atoms with van der Waals surface area (Å²) in [6.07, 6.45) is 0. The zero-order chi connectivity index (χ0) is 23.7. The molecule has 1 N–H and O–H groups in total. The predicted octanol–water partition coefficient (Wildman–Crippen LogP) is 4.37. The quantitative estimate of drug-likeness (QED) is 0.340. The second kappa shape index (κ2) is 8.82. The molecule has 1 aromatic heterocycles. The van der Waals surface area contributed by atoms with E-state index in [1.807, 2.05) is 0 Å². The number of likely N-dealkylation sites (tertiary alicyclic amines) is 1. The van der Waals surface area contributed by atoms with Gasteiger partial charge < -0.3 is 23.9 Å². The van der Waals surface area contributed by atoms with Crippen LogP contribution >= 0.6 is 0 Å². The maximum absolute atomic E-state index is 14.0. The molecule has 7 nitrogen and oxygen atoms in total. The first-order valence-electron chi connectivity index (χ1n) is 10.2. The third kappa shape index (κ3) is 4.07. The van der Waals surface area contributed by atoms with E-state index in [9.17, 15) is 19.1 Å². The third-order valence-corrected chi connectivity index (χ3v) is 5.47. The number of furan rings is 1. The number of Topliss-reactive ketones (excluding diaryl/α,β-unsaturated/α-hetero) is 1. The van der Waals surface area contributed by atoms with E-state index in [1.165, 1.54) is 31.3 Å². The normalized spacial score (nSPS) is 17.5. The van der Waals surface area contributed by atoms with E-state index in [0.29, 0.717) is 22.8 Å². The second-order valence-corrected chi connectivity index (χ2v) is 7.57. The number of hydrogen-bond acceptors (Lipinski definition) is 6. The van der Waals surface area contributed by atoms with Crippen molar-refractivity contribution in [1.82, 2.24) is 4.90 Å². The van der Waals surface area contributed by atoms with Crippen LogP contribution in [0.3, 0.4) is 0 Å². The van der Waals surface area contributed by atoms with E-state index in [2.05, 4.69) is 0 Å². The van der Waals surface area contributed by atoms with E-state index >= 15 is 0 Å². The molecular weight excluding hydrogens is 429 g/mol. The topological polar surface area (TPSA) is 89.2 Å². The zero-order valence-corrected chi connectivity index (χ0v) is 18.3. The van der Waals surface area contributed by atoms with Gasteiger partial charge in [-0.25, -0.2) is 4.39 Å². The van der Waals surface area contributed by atoms with Gasteiger partial charge >= 0.3 is 0 Å². The highest BCUT2D eigenvalue weighted by atomic mass is 19.1. The smallest absolute Gasteiger partial charge is 0.296 e. The Morgan fingerprint density at radius 3 is 2.55 bits per heavy atom. The molecular formula is C25H22FNO6. The Bertz CT molecular complexity index is 1260. The Morgan fingerprint density at radius 2 is 1.88 bits per heavy atom. The van der Waals surface area contributed by atoms with Crippen LogP contribution in [0.25, 0.3) is 5.76 Å². The van der Waals surface area contributed by atoms with Crippen LogP contribution in [0.15, 0.2) is 64.6 Å². The predicted molar refractivity (Wildman–Crippen MR) is 117 cm³/mol. The van der Waals surface area contributed by atoms with E-state index in [1.54, 1.807) is 43.3 Å². The molecule has 0 spiro atoms. The largest absolute Gasteiger partial charge is 0.507 e. The number of rotatable bonds is 6. The lowest BCUT2D eigenvalue weighted by molar-refractivity contribution is -0.140. The number of nitrogens with zero attached hydrogens (tertiary/aromatic N) is 1. The minimum Gasteiger partial charge on any atom is -0.507 e. The monoisotopic (exact) mass is 451 g/mol. The Hall–Kier alpha value is -4.07. The molecule has 2 aromatic carbocycles. The summed E-state index contributed by atoms with van der Waals surface area (Å²) in [6.45, 7) is 1.79. The van der Waals surface area contributed by atoms with Crippen LogP contribution in [0.1, 0.15) is 28.7 Å². The molecule has 1 atom stereocenters. The molecule has 1 unspecified atom stereocenters. The molecule has 3 aromatic rings. The molecule has 170 valence electrons. The Morgan fingerprint density at radius 1 is 1.09 bits per heavy atom. The number of aryl methyl sites for hydroxylation is 1. The standard InChI is InChI=1S/C25H22FNO6/c1-14-7-9-20(33-14)22-21(23(28)18-12-16(26)8-10-19(18)32-3)24(29)25(30)27(22)13-15-5-4-6-17(11-15)31-2/h4-12,22,28H,13H2,1-3H3/b23-21+. The van der Waals surface area contributed by atoms with Gasteiger partial charge in [0.15, 0.2) is 0 Å². The minimum atomic E-state index is -1.02. The molecule has 1 aliphatic rings. The highest BCUT2D eigenvalue weighted by Gasteiger charge is 2.47.